The quantitative estimate of drug-likeness (QED) is 0.805. The molecule has 3 heteroatoms. The van der Waals surface area contributed by atoms with Gasteiger partial charge in [-0.3, -0.25) is 0 Å². The molecule has 2 rings (SSSR count). The van der Waals surface area contributed by atoms with E-state index in [-0.39, 0.29) is 0 Å². The molecule has 1 aromatic carbocycles. The van der Waals surface area contributed by atoms with Crippen molar-refractivity contribution < 1.29 is 5.11 Å². The first kappa shape index (κ1) is 14.2. The van der Waals surface area contributed by atoms with Crippen molar-refractivity contribution in [1.29, 1.82) is 0 Å². The van der Waals surface area contributed by atoms with E-state index in [4.69, 9.17) is 23.2 Å². The lowest BCUT2D eigenvalue weighted by molar-refractivity contribution is 0.0679. The molecule has 1 saturated carbocycles. The Morgan fingerprint density at radius 2 is 2.11 bits per heavy atom. The zero-order valence-electron chi connectivity index (χ0n) is 10.7. The Balaban J connectivity index is 2.12. The summed E-state index contributed by atoms with van der Waals surface area (Å²) in [5, 5.41) is 11.7. The van der Waals surface area contributed by atoms with Crippen molar-refractivity contribution in [2.24, 2.45) is 11.8 Å². The van der Waals surface area contributed by atoms with Gasteiger partial charge in [-0.25, -0.2) is 0 Å². The van der Waals surface area contributed by atoms with Crippen LogP contribution in [0.2, 0.25) is 10.0 Å². The van der Waals surface area contributed by atoms with Gasteiger partial charge >= 0.3 is 0 Å². The number of rotatable bonds is 3. The minimum absolute atomic E-state index is 0.336. The van der Waals surface area contributed by atoms with E-state index < -0.39 is 6.10 Å². The molecular weight excluding hydrogens is 267 g/mol. The molecule has 0 bridgehead atoms. The summed E-state index contributed by atoms with van der Waals surface area (Å²) in [6.07, 6.45) is 5.47. The minimum Gasteiger partial charge on any atom is -0.388 e. The third-order valence-corrected chi connectivity index (χ3v) is 4.69. The number of benzene rings is 1. The predicted molar refractivity (Wildman–Crippen MR) is 77.2 cm³/mol. The Kier molecular flexibility index (Phi) is 4.94. The van der Waals surface area contributed by atoms with E-state index in [9.17, 15) is 5.11 Å². The molecule has 1 fully saturated rings. The van der Waals surface area contributed by atoms with Crippen LogP contribution in [0.25, 0.3) is 0 Å². The molecule has 1 aliphatic carbocycles. The van der Waals surface area contributed by atoms with Gasteiger partial charge in [-0.15, -0.1) is 0 Å². The molecule has 0 amide bonds. The van der Waals surface area contributed by atoms with Crippen molar-refractivity contribution in [1.82, 2.24) is 0 Å². The van der Waals surface area contributed by atoms with Crippen LogP contribution >= 0.6 is 23.2 Å². The van der Waals surface area contributed by atoms with Crippen molar-refractivity contribution in [3.8, 4) is 0 Å². The van der Waals surface area contributed by atoms with E-state index in [2.05, 4.69) is 6.92 Å². The average Bonchev–Trinajstić information content (AvgIpc) is 2.38. The highest BCUT2D eigenvalue weighted by Crippen LogP contribution is 2.40. The normalized spacial score (nSPS) is 26.0. The summed E-state index contributed by atoms with van der Waals surface area (Å²) in [5.74, 6) is 1.09. The summed E-state index contributed by atoms with van der Waals surface area (Å²) in [6.45, 7) is 2.23. The molecule has 1 N–H and O–H groups in total. The molecule has 1 aromatic rings. The van der Waals surface area contributed by atoms with Crippen LogP contribution in [0.3, 0.4) is 0 Å². The van der Waals surface area contributed by atoms with Crippen LogP contribution in [0.5, 0.6) is 0 Å². The number of aliphatic hydroxyl groups is 1. The van der Waals surface area contributed by atoms with E-state index in [0.717, 1.165) is 24.3 Å². The highest BCUT2D eigenvalue weighted by molar-refractivity contribution is 6.35. The van der Waals surface area contributed by atoms with Gasteiger partial charge in [0.15, 0.2) is 0 Å². The van der Waals surface area contributed by atoms with Crippen molar-refractivity contribution in [3.63, 3.8) is 0 Å². The van der Waals surface area contributed by atoms with E-state index in [1.807, 2.05) is 6.07 Å². The maximum Gasteiger partial charge on any atom is 0.0832 e. The summed E-state index contributed by atoms with van der Waals surface area (Å²) < 4.78 is 0. The van der Waals surface area contributed by atoms with Gasteiger partial charge in [-0.05, 0) is 42.4 Å². The molecule has 0 aliphatic heterocycles. The summed E-state index contributed by atoms with van der Waals surface area (Å²) in [7, 11) is 0. The van der Waals surface area contributed by atoms with Crippen LogP contribution in [0.1, 0.15) is 50.7 Å². The topological polar surface area (TPSA) is 20.2 Å². The second-order valence-corrected chi connectivity index (χ2v) is 6.16. The van der Waals surface area contributed by atoms with Gasteiger partial charge in [-0.2, -0.15) is 0 Å². The van der Waals surface area contributed by atoms with Crippen molar-refractivity contribution in [2.45, 2.75) is 45.1 Å². The largest absolute Gasteiger partial charge is 0.388 e. The number of hydrogen-bond donors (Lipinski definition) is 1. The predicted octanol–water partition coefficient (Wildman–Crippen LogP) is 5.24. The summed E-state index contributed by atoms with van der Waals surface area (Å²) in [5.41, 5.74) is 0.822. The summed E-state index contributed by atoms with van der Waals surface area (Å²) >= 11 is 12.1. The third kappa shape index (κ3) is 3.20. The molecule has 1 aliphatic rings. The minimum atomic E-state index is -0.455. The van der Waals surface area contributed by atoms with Gasteiger partial charge in [-0.1, -0.05) is 55.5 Å². The van der Waals surface area contributed by atoms with Crippen LogP contribution < -0.4 is 0 Å². The molecular formula is C15H20Cl2O. The van der Waals surface area contributed by atoms with Gasteiger partial charge in [0.1, 0.15) is 0 Å². The van der Waals surface area contributed by atoms with Crippen LogP contribution in [0, 0.1) is 11.8 Å². The van der Waals surface area contributed by atoms with Crippen LogP contribution in [0.4, 0.5) is 0 Å². The van der Waals surface area contributed by atoms with Gasteiger partial charge in [0.2, 0.25) is 0 Å². The highest BCUT2D eigenvalue weighted by atomic mass is 35.5. The van der Waals surface area contributed by atoms with Crippen molar-refractivity contribution in [2.75, 3.05) is 0 Å². The van der Waals surface area contributed by atoms with Gasteiger partial charge < -0.3 is 5.11 Å². The van der Waals surface area contributed by atoms with Gasteiger partial charge in [0.05, 0.1) is 6.10 Å². The molecule has 100 valence electrons. The van der Waals surface area contributed by atoms with Crippen LogP contribution in [-0.2, 0) is 0 Å². The average molecular weight is 287 g/mol. The first-order chi connectivity index (χ1) is 8.61. The Hall–Kier alpha value is -0.240. The van der Waals surface area contributed by atoms with Gasteiger partial charge in [0, 0.05) is 10.0 Å². The third-order valence-electron chi connectivity index (χ3n) is 4.13. The fraction of sp³-hybridized carbons (Fsp3) is 0.600. The molecule has 0 heterocycles. The fourth-order valence-electron chi connectivity index (χ4n) is 2.99. The Morgan fingerprint density at radius 3 is 2.78 bits per heavy atom. The maximum absolute atomic E-state index is 10.5. The molecule has 0 spiro atoms. The molecule has 18 heavy (non-hydrogen) atoms. The molecule has 0 saturated heterocycles. The Labute approximate surface area is 119 Å². The van der Waals surface area contributed by atoms with E-state index in [1.165, 1.54) is 19.3 Å². The SMILES string of the molecule is CCC1CCCC(C(O)c2ccc(Cl)cc2Cl)C1. The number of halogens is 2. The second kappa shape index (κ2) is 6.27. The molecule has 0 radical (unpaired) electrons. The van der Waals surface area contributed by atoms with Gasteiger partial charge in [0.25, 0.3) is 0 Å². The zero-order valence-corrected chi connectivity index (χ0v) is 12.2. The first-order valence-corrected chi connectivity index (χ1v) is 7.50. The smallest absolute Gasteiger partial charge is 0.0832 e. The zero-order chi connectivity index (χ0) is 13.1. The molecule has 3 unspecified atom stereocenters. The summed E-state index contributed by atoms with van der Waals surface area (Å²) in [6, 6.07) is 5.36. The maximum atomic E-state index is 10.5. The van der Waals surface area contributed by atoms with Crippen LogP contribution in [-0.4, -0.2) is 5.11 Å². The summed E-state index contributed by atoms with van der Waals surface area (Å²) in [4.78, 5) is 0. The highest BCUT2D eigenvalue weighted by Gasteiger charge is 2.28. The monoisotopic (exact) mass is 286 g/mol. The van der Waals surface area contributed by atoms with E-state index in [0.29, 0.717) is 16.0 Å². The van der Waals surface area contributed by atoms with Crippen molar-refractivity contribution in [3.05, 3.63) is 33.8 Å². The molecule has 1 nitrogen and oxygen atoms in total. The first-order valence-electron chi connectivity index (χ1n) is 6.74. The number of hydrogen-bond acceptors (Lipinski definition) is 1. The number of aliphatic hydroxyl groups excluding tert-OH is 1. The second-order valence-electron chi connectivity index (χ2n) is 5.31. The van der Waals surface area contributed by atoms with E-state index in [1.54, 1.807) is 12.1 Å². The Bertz CT molecular complexity index is 405. The fourth-order valence-corrected chi connectivity index (χ4v) is 3.51. The van der Waals surface area contributed by atoms with Crippen molar-refractivity contribution >= 4 is 23.2 Å². The van der Waals surface area contributed by atoms with Crippen LogP contribution in [0.15, 0.2) is 18.2 Å². The lowest BCUT2D eigenvalue weighted by Gasteiger charge is -2.32. The Morgan fingerprint density at radius 1 is 1.33 bits per heavy atom. The lowest BCUT2D eigenvalue weighted by atomic mass is 9.76. The van der Waals surface area contributed by atoms with E-state index >= 15 is 0 Å². The lowest BCUT2D eigenvalue weighted by Crippen LogP contribution is -2.21. The standard InChI is InChI=1S/C15H20Cl2O/c1-2-10-4-3-5-11(8-10)15(18)13-7-6-12(16)9-14(13)17/h6-7,9-11,15,18H,2-5,8H2,1H3. The molecule has 0 aromatic heterocycles. The molecule has 3 atom stereocenters.